The molecule has 1 aliphatic carbocycles. The summed E-state index contributed by atoms with van der Waals surface area (Å²) in [5.41, 5.74) is 1.78. The topological polar surface area (TPSA) is 56.8 Å². The second-order valence-corrected chi connectivity index (χ2v) is 6.81. The first-order valence-electron chi connectivity index (χ1n) is 9.44. The maximum Gasteiger partial charge on any atom is 0.408 e. The van der Waals surface area contributed by atoms with Crippen molar-refractivity contribution in [3.63, 3.8) is 0 Å². The SMILES string of the molecule is COc1ccc(C(OC(=O)NC2CCCCC2)c2ccc(OC)cc2)cc1. The predicted octanol–water partition coefficient (Wildman–Crippen LogP) is 4.85. The molecule has 0 aromatic heterocycles. The fraction of sp³-hybridized carbons (Fsp3) is 0.409. The Bertz CT molecular complexity index is 673. The standard InChI is InChI=1S/C22H27NO4/c1-25-19-12-8-16(9-13-19)21(17-10-14-20(26-2)15-11-17)27-22(24)23-18-6-4-3-5-7-18/h8-15,18,21H,3-7H2,1-2H3,(H,23,24). The third-order valence-corrected chi connectivity index (χ3v) is 4.99. The summed E-state index contributed by atoms with van der Waals surface area (Å²) in [4.78, 5) is 12.5. The third kappa shape index (κ3) is 5.16. The van der Waals surface area contributed by atoms with Gasteiger partial charge < -0.3 is 19.5 Å². The number of ether oxygens (including phenoxy) is 3. The number of benzene rings is 2. The van der Waals surface area contributed by atoms with E-state index in [2.05, 4.69) is 5.32 Å². The molecular weight excluding hydrogens is 342 g/mol. The first-order chi connectivity index (χ1) is 13.2. The van der Waals surface area contributed by atoms with Gasteiger partial charge in [0.2, 0.25) is 0 Å². The lowest BCUT2D eigenvalue weighted by atomic mass is 9.96. The molecule has 144 valence electrons. The highest BCUT2D eigenvalue weighted by atomic mass is 16.6. The summed E-state index contributed by atoms with van der Waals surface area (Å²) in [5.74, 6) is 1.53. The zero-order chi connectivity index (χ0) is 19.1. The Kier molecular flexibility index (Phi) is 6.58. The smallest absolute Gasteiger partial charge is 0.408 e. The van der Waals surface area contributed by atoms with E-state index in [1.807, 2.05) is 48.5 Å². The van der Waals surface area contributed by atoms with Crippen LogP contribution in [0.5, 0.6) is 11.5 Å². The Morgan fingerprint density at radius 1 is 0.852 bits per heavy atom. The van der Waals surface area contributed by atoms with Gasteiger partial charge in [0.25, 0.3) is 0 Å². The molecule has 1 amide bonds. The predicted molar refractivity (Wildman–Crippen MR) is 104 cm³/mol. The van der Waals surface area contributed by atoms with E-state index in [-0.39, 0.29) is 12.1 Å². The van der Waals surface area contributed by atoms with E-state index in [9.17, 15) is 4.79 Å². The molecule has 0 heterocycles. The highest BCUT2D eigenvalue weighted by Crippen LogP contribution is 2.29. The molecule has 2 aromatic carbocycles. The van der Waals surface area contributed by atoms with Crippen molar-refractivity contribution in [1.29, 1.82) is 0 Å². The Balaban J connectivity index is 1.78. The van der Waals surface area contributed by atoms with E-state index in [1.54, 1.807) is 14.2 Å². The monoisotopic (exact) mass is 369 g/mol. The van der Waals surface area contributed by atoms with E-state index >= 15 is 0 Å². The lowest BCUT2D eigenvalue weighted by Gasteiger charge is -2.25. The van der Waals surface area contributed by atoms with Crippen LogP contribution in [0.3, 0.4) is 0 Å². The zero-order valence-corrected chi connectivity index (χ0v) is 15.9. The molecule has 3 rings (SSSR count). The van der Waals surface area contributed by atoms with Gasteiger partial charge in [-0.3, -0.25) is 0 Å². The summed E-state index contributed by atoms with van der Waals surface area (Å²) < 4.78 is 16.3. The van der Waals surface area contributed by atoms with Crippen molar-refractivity contribution in [2.24, 2.45) is 0 Å². The Morgan fingerprint density at radius 2 is 1.33 bits per heavy atom. The number of hydrogen-bond donors (Lipinski definition) is 1. The van der Waals surface area contributed by atoms with Crippen molar-refractivity contribution in [2.75, 3.05) is 14.2 Å². The molecule has 0 saturated heterocycles. The van der Waals surface area contributed by atoms with Crippen LogP contribution in [0.4, 0.5) is 4.79 Å². The van der Waals surface area contributed by atoms with Crippen molar-refractivity contribution < 1.29 is 19.0 Å². The lowest BCUT2D eigenvalue weighted by Crippen LogP contribution is -2.37. The van der Waals surface area contributed by atoms with Gasteiger partial charge in [-0.05, 0) is 48.2 Å². The number of rotatable bonds is 6. The average molecular weight is 369 g/mol. The Hall–Kier alpha value is -2.69. The number of hydrogen-bond acceptors (Lipinski definition) is 4. The minimum Gasteiger partial charge on any atom is -0.497 e. The summed E-state index contributed by atoms with van der Waals surface area (Å²) in [6, 6.07) is 15.4. The van der Waals surface area contributed by atoms with Crippen LogP contribution in [0.1, 0.15) is 49.3 Å². The summed E-state index contributed by atoms with van der Waals surface area (Å²) in [6.07, 6.45) is 4.73. The molecule has 5 nitrogen and oxygen atoms in total. The van der Waals surface area contributed by atoms with Gasteiger partial charge in [-0.2, -0.15) is 0 Å². The van der Waals surface area contributed by atoms with Gasteiger partial charge in [-0.25, -0.2) is 4.79 Å². The quantitative estimate of drug-likeness (QED) is 0.791. The van der Waals surface area contributed by atoms with Crippen molar-refractivity contribution in [3.05, 3.63) is 59.7 Å². The van der Waals surface area contributed by atoms with E-state index in [4.69, 9.17) is 14.2 Å². The minimum absolute atomic E-state index is 0.207. The van der Waals surface area contributed by atoms with Gasteiger partial charge in [0.05, 0.1) is 14.2 Å². The molecule has 0 atom stereocenters. The van der Waals surface area contributed by atoms with Crippen molar-refractivity contribution in [2.45, 2.75) is 44.2 Å². The van der Waals surface area contributed by atoms with Crippen molar-refractivity contribution in [3.8, 4) is 11.5 Å². The molecule has 1 aliphatic rings. The van der Waals surface area contributed by atoms with Crippen LogP contribution in [-0.2, 0) is 4.74 Å². The number of carbonyl (C=O) groups excluding carboxylic acids is 1. The van der Waals surface area contributed by atoms with Gasteiger partial charge >= 0.3 is 6.09 Å². The van der Waals surface area contributed by atoms with Crippen LogP contribution >= 0.6 is 0 Å². The largest absolute Gasteiger partial charge is 0.497 e. The van der Waals surface area contributed by atoms with E-state index < -0.39 is 6.10 Å². The van der Waals surface area contributed by atoms with Crippen LogP contribution in [0.15, 0.2) is 48.5 Å². The molecule has 1 fully saturated rings. The molecule has 2 aromatic rings. The summed E-state index contributed by atoms with van der Waals surface area (Å²) >= 11 is 0. The van der Waals surface area contributed by atoms with Crippen LogP contribution in [-0.4, -0.2) is 26.4 Å². The van der Waals surface area contributed by atoms with Gasteiger partial charge in [-0.15, -0.1) is 0 Å². The van der Waals surface area contributed by atoms with Gasteiger partial charge in [0.1, 0.15) is 11.5 Å². The molecule has 27 heavy (non-hydrogen) atoms. The number of carbonyl (C=O) groups is 1. The average Bonchev–Trinajstić information content (AvgIpc) is 2.73. The molecule has 1 N–H and O–H groups in total. The summed E-state index contributed by atoms with van der Waals surface area (Å²) in [6.45, 7) is 0. The molecule has 5 heteroatoms. The normalized spacial score (nSPS) is 14.6. The highest BCUT2D eigenvalue weighted by molar-refractivity contribution is 5.68. The van der Waals surface area contributed by atoms with Crippen LogP contribution < -0.4 is 14.8 Å². The second kappa shape index (κ2) is 9.31. The fourth-order valence-electron chi connectivity index (χ4n) is 3.44. The van der Waals surface area contributed by atoms with Crippen molar-refractivity contribution >= 4 is 6.09 Å². The first kappa shape index (κ1) is 19.1. The zero-order valence-electron chi connectivity index (χ0n) is 15.9. The van der Waals surface area contributed by atoms with Crippen LogP contribution in [0, 0.1) is 0 Å². The second-order valence-electron chi connectivity index (χ2n) is 6.81. The number of nitrogens with one attached hydrogen (secondary N) is 1. The van der Waals surface area contributed by atoms with Crippen LogP contribution in [0.25, 0.3) is 0 Å². The fourth-order valence-corrected chi connectivity index (χ4v) is 3.44. The number of methoxy groups -OCH3 is 2. The molecule has 0 unspecified atom stereocenters. The maximum atomic E-state index is 12.5. The molecule has 0 aliphatic heterocycles. The van der Waals surface area contributed by atoms with Crippen LogP contribution in [0.2, 0.25) is 0 Å². The molecule has 0 spiro atoms. The molecule has 0 bridgehead atoms. The van der Waals surface area contributed by atoms with Gasteiger partial charge in [0, 0.05) is 6.04 Å². The maximum absolute atomic E-state index is 12.5. The lowest BCUT2D eigenvalue weighted by molar-refractivity contribution is 0.111. The van der Waals surface area contributed by atoms with Gasteiger partial charge in [-0.1, -0.05) is 43.5 Å². The summed E-state index contributed by atoms with van der Waals surface area (Å²) in [7, 11) is 3.26. The molecular formula is C22H27NO4. The van der Waals surface area contributed by atoms with E-state index in [0.29, 0.717) is 0 Å². The number of amides is 1. The molecule has 1 saturated carbocycles. The molecule has 0 radical (unpaired) electrons. The van der Waals surface area contributed by atoms with E-state index in [0.717, 1.165) is 48.3 Å². The highest BCUT2D eigenvalue weighted by Gasteiger charge is 2.22. The Morgan fingerprint density at radius 3 is 1.78 bits per heavy atom. The number of alkyl carbamates (subject to hydrolysis) is 1. The Labute approximate surface area is 160 Å². The summed E-state index contributed by atoms with van der Waals surface area (Å²) in [5, 5.41) is 3.02. The minimum atomic E-state index is -0.495. The van der Waals surface area contributed by atoms with Gasteiger partial charge in [0.15, 0.2) is 6.10 Å². The van der Waals surface area contributed by atoms with Crippen molar-refractivity contribution in [1.82, 2.24) is 5.32 Å². The first-order valence-corrected chi connectivity index (χ1v) is 9.44. The van der Waals surface area contributed by atoms with E-state index in [1.165, 1.54) is 6.42 Å². The third-order valence-electron chi connectivity index (χ3n) is 4.99.